The van der Waals surface area contributed by atoms with Crippen LogP contribution in [0.1, 0.15) is 53.4 Å². The highest BCUT2D eigenvalue weighted by molar-refractivity contribution is 7.91. The summed E-state index contributed by atoms with van der Waals surface area (Å²) >= 11 is 2.56. The zero-order valence-electron chi connectivity index (χ0n) is 17.5. The molecule has 7 nitrogen and oxygen atoms in total. The average Bonchev–Trinajstić information content (AvgIpc) is 3.41. The number of sulfonamides is 1. The largest absolute Gasteiger partial charge is 0.465 e. The topological polar surface area (TPSA) is 92.8 Å². The van der Waals surface area contributed by atoms with Gasteiger partial charge in [0.1, 0.15) is 15.3 Å². The van der Waals surface area contributed by atoms with E-state index < -0.39 is 27.9 Å². The van der Waals surface area contributed by atoms with Crippen molar-refractivity contribution in [2.24, 2.45) is 5.92 Å². The molecule has 2 aromatic rings. The van der Waals surface area contributed by atoms with Crippen LogP contribution in [0, 0.1) is 5.92 Å². The molecule has 1 saturated heterocycles. The Morgan fingerprint density at radius 1 is 1.26 bits per heavy atom. The van der Waals surface area contributed by atoms with E-state index in [0.29, 0.717) is 35.9 Å². The smallest absolute Gasteiger partial charge is 0.341 e. The number of hydrogen-bond acceptors (Lipinski definition) is 7. The third-order valence-electron chi connectivity index (χ3n) is 5.95. The van der Waals surface area contributed by atoms with Gasteiger partial charge < -0.3 is 10.1 Å². The second-order valence-corrected chi connectivity index (χ2v) is 12.3. The minimum atomic E-state index is -3.74. The molecule has 168 valence electrons. The lowest BCUT2D eigenvalue weighted by Gasteiger charge is -2.33. The van der Waals surface area contributed by atoms with E-state index in [1.54, 1.807) is 17.5 Å². The van der Waals surface area contributed by atoms with E-state index in [9.17, 15) is 18.0 Å². The summed E-state index contributed by atoms with van der Waals surface area (Å²) in [7, 11) is -2.41. The molecule has 2 unspecified atom stereocenters. The average molecular weight is 483 g/mol. The number of nitrogens with zero attached hydrogens (tertiary/aromatic N) is 1. The van der Waals surface area contributed by atoms with Crippen molar-refractivity contribution in [3.63, 3.8) is 0 Å². The normalized spacial score (nSPS) is 22.0. The Bertz CT molecular complexity index is 1070. The zero-order valence-corrected chi connectivity index (χ0v) is 20.0. The van der Waals surface area contributed by atoms with Crippen LogP contribution in [0.25, 0.3) is 0 Å². The molecule has 2 atom stereocenters. The number of carbonyl (C=O) groups excluding carboxylic acids is 2. The van der Waals surface area contributed by atoms with Crippen LogP contribution >= 0.6 is 22.7 Å². The number of anilines is 1. The van der Waals surface area contributed by atoms with Crippen LogP contribution in [0.3, 0.4) is 0 Å². The van der Waals surface area contributed by atoms with Crippen LogP contribution < -0.4 is 5.32 Å². The lowest BCUT2D eigenvalue weighted by Crippen LogP contribution is -2.49. The predicted molar refractivity (Wildman–Crippen MR) is 121 cm³/mol. The molecule has 31 heavy (non-hydrogen) atoms. The fourth-order valence-electron chi connectivity index (χ4n) is 4.33. The van der Waals surface area contributed by atoms with Crippen molar-refractivity contribution in [3.05, 3.63) is 33.5 Å². The highest BCUT2D eigenvalue weighted by atomic mass is 32.2. The second-order valence-electron chi connectivity index (χ2n) is 8.10. The van der Waals surface area contributed by atoms with Gasteiger partial charge in [-0.25, -0.2) is 13.2 Å². The van der Waals surface area contributed by atoms with Crippen molar-refractivity contribution in [1.82, 2.24) is 4.31 Å². The predicted octanol–water partition coefficient (Wildman–Crippen LogP) is 3.90. The van der Waals surface area contributed by atoms with Crippen LogP contribution in [-0.2, 0) is 32.4 Å². The Labute approximate surface area is 190 Å². The quantitative estimate of drug-likeness (QED) is 0.653. The van der Waals surface area contributed by atoms with E-state index in [1.165, 1.54) is 22.8 Å². The van der Waals surface area contributed by atoms with Crippen molar-refractivity contribution in [1.29, 1.82) is 0 Å². The molecule has 1 amide bonds. The van der Waals surface area contributed by atoms with Gasteiger partial charge in [0.15, 0.2) is 0 Å². The summed E-state index contributed by atoms with van der Waals surface area (Å²) in [4.78, 5) is 26.9. The van der Waals surface area contributed by atoms with Gasteiger partial charge in [-0.1, -0.05) is 19.4 Å². The monoisotopic (exact) mass is 482 g/mol. The Hall–Kier alpha value is -1.75. The standard InChI is InChI=1S/C21H26N2O5S3/c1-13-8-9-14-16(12-13)30-20(18(14)21(25)28-2)22-19(24)15-6-3-4-10-23(15)31(26,27)17-7-5-11-29-17/h5,7,11,13,15H,3-4,6,8-10,12H2,1-2H3,(H,22,24). The summed E-state index contributed by atoms with van der Waals surface area (Å²) < 4.78 is 32.8. The molecule has 10 heteroatoms. The minimum Gasteiger partial charge on any atom is -0.465 e. The maximum Gasteiger partial charge on any atom is 0.341 e. The van der Waals surface area contributed by atoms with Crippen LogP contribution in [-0.4, -0.2) is 44.3 Å². The summed E-state index contributed by atoms with van der Waals surface area (Å²) in [6.45, 7) is 2.48. The summed E-state index contributed by atoms with van der Waals surface area (Å²) in [5, 5.41) is 5.07. The number of carbonyl (C=O) groups is 2. The first-order valence-electron chi connectivity index (χ1n) is 10.4. The molecule has 4 rings (SSSR count). The molecular formula is C21H26N2O5S3. The van der Waals surface area contributed by atoms with Gasteiger partial charge >= 0.3 is 5.97 Å². The number of nitrogens with one attached hydrogen (secondary N) is 1. The Kier molecular flexibility index (Phi) is 6.52. The van der Waals surface area contributed by atoms with Gasteiger partial charge in [0.25, 0.3) is 10.0 Å². The number of ether oxygens (including phenoxy) is 1. The third kappa shape index (κ3) is 4.30. The number of esters is 1. The number of fused-ring (bicyclic) bond motifs is 1. The van der Waals surface area contributed by atoms with Crippen molar-refractivity contribution >= 4 is 49.6 Å². The van der Waals surface area contributed by atoms with Crippen molar-refractivity contribution in [2.75, 3.05) is 19.0 Å². The lowest BCUT2D eigenvalue weighted by atomic mass is 9.88. The van der Waals surface area contributed by atoms with Crippen molar-refractivity contribution in [2.45, 2.75) is 55.7 Å². The van der Waals surface area contributed by atoms with Crippen molar-refractivity contribution < 1.29 is 22.7 Å². The van der Waals surface area contributed by atoms with E-state index in [-0.39, 0.29) is 4.21 Å². The molecule has 0 saturated carbocycles. The van der Waals surface area contributed by atoms with Gasteiger partial charge in [-0.05, 0) is 55.0 Å². The molecule has 2 aromatic heterocycles. The molecule has 1 aliphatic carbocycles. The van der Waals surface area contributed by atoms with Crippen molar-refractivity contribution in [3.8, 4) is 0 Å². The maximum atomic E-state index is 13.3. The number of thiophene rings is 2. The molecular weight excluding hydrogens is 456 g/mol. The van der Waals surface area contributed by atoms with Gasteiger partial charge in [0, 0.05) is 11.4 Å². The summed E-state index contributed by atoms with van der Waals surface area (Å²) in [6, 6.07) is 2.45. The zero-order chi connectivity index (χ0) is 22.2. The molecule has 0 spiro atoms. The van der Waals surface area contributed by atoms with E-state index in [4.69, 9.17) is 4.74 Å². The fraction of sp³-hybridized carbons (Fsp3) is 0.524. The fourth-order valence-corrected chi connectivity index (χ4v) is 8.51. The summed E-state index contributed by atoms with van der Waals surface area (Å²) in [6.07, 6.45) is 4.56. The molecule has 0 bridgehead atoms. The van der Waals surface area contributed by atoms with E-state index in [2.05, 4.69) is 12.2 Å². The molecule has 1 N–H and O–H groups in total. The number of piperidine rings is 1. The Morgan fingerprint density at radius 2 is 2.06 bits per heavy atom. The molecule has 0 aromatic carbocycles. The summed E-state index contributed by atoms with van der Waals surface area (Å²) in [5.74, 6) is -0.337. The lowest BCUT2D eigenvalue weighted by molar-refractivity contribution is -0.120. The number of amides is 1. The number of rotatable bonds is 5. The van der Waals surface area contributed by atoms with E-state index in [1.807, 2.05) is 0 Å². The van der Waals surface area contributed by atoms with Crippen LogP contribution in [0.5, 0.6) is 0 Å². The van der Waals surface area contributed by atoms with E-state index in [0.717, 1.165) is 47.5 Å². The highest BCUT2D eigenvalue weighted by Gasteiger charge is 2.39. The molecule has 0 radical (unpaired) electrons. The molecule has 1 fully saturated rings. The van der Waals surface area contributed by atoms with Gasteiger partial charge in [-0.3, -0.25) is 4.79 Å². The van der Waals surface area contributed by atoms with Crippen LogP contribution in [0.15, 0.2) is 21.7 Å². The first-order valence-corrected chi connectivity index (χ1v) is 13.6. The Balaban J connectivity index is 1.63. The van der Waals surface area contributed by atoms with Crippen LogP contribution in [0.4, 0.5) is 5.00 Å². The van der Waals surface area contributed by atoms with Gasteiger partial charge in [0.2, 0.25) is 5.91 Å². The highest BCUT2D eigenvalue weighted by Crippen LogP contribution is 2.40. The van der Waals surface area contributed by atoms with E-state index >= 15 is 0 Å². The molecule has 3 heterocycles. The maximum absolute atomic E-state index is 13.3. The minimum absolute atomic E-state index is 0.239. The number of methoxy groups -OCH3 is 1. The second kappa shape index (κ2) is 9.01. The Morgan fingerprint density at radius 3 is 2.77 bits per heavy atom. The number of hydrogen-bond donors (Lipinski definition) is 1. The van der Waals surface area contributed by atoms with Gasteiger partial charge in [-0.2, -0.15) is 4.31 Å². The third-order valence-corrected chi connectivity index (χ3v) is 10.4. The molecule has 1 aliphatic heterocycles. The first-order chi connectivity index (χ1) is 14.8. The van der Waals surface area contributed by atoms with Gasteiger partial charge in [0.05, 0.1) is 12.7 Å². The molecule has 2 aliphatic rings. The first kappa shape index (κ1) is 22.4. The summed E-state index contributed by atoms with van der Waals surface area (Å²) in [5.41, 5.74) is 1.38. The van der Waals surface area contributed by atoms with Crippen LogP contribution in [0.2, 0.25) is 0 Å². The van der Waals surface area contributed by atoms with Gasteiger partial charge in [-0.15, -0.1) is 22.7 Å². The SMILES string of the molecule is COC(=O)c1c(NC(=O)C2CCCCN2S(=O)(=O)c2cccs2)sc2c1CCC(C)C2.